The largest absolute Gasteiger partial charge is 0.421 e. The van der Waals surface area contributed by atoms with Crippen LogP contribution >= 0.6 is 0 Å². The van der Waals surface area contributed by atoms with Gasteiger partial charge in [0.2, 0.25) is 0 Å². The van der Waals surface area contributed by atoms with Crippen LogP contribution in [-0.2, 0) is 14.1 Å². The number of hydrogen-bond acceptors (Lipinski definition) is 4. The Balaban J connectivity index is 1.68. The lowest BCUT2D eigenvalue weighted by atomic mass is 10.2. The average Bonchev–Trinajstić information content (AvgIpc) is 2.93. The molecule has 2 aromatic carbocycles. The van der Waals surface area contributed by atoms with Gasteiger partial charge in [0.15, 0.2) is 0 Å². The first-order valence-corrected chi connectivity index (χ1v) is 7.73. The molecule has 0 radical (unpaired) electrons. The van der Waals surface area contributed by atoms with Crippen molar-refractivity contribution >= 4 is 28.7 Å². The number of aryl methyl sites for hydroxylation is 2. The predicted molar refractivity (Wildman–Crippen MR) is 96.5 cm³/mol. The standard InChI is InChI=1S/C18H20N6/c1-19-14-4-6-15(7-5-14)20-16-8-10-17(11-9-16)21-22-18-23(2)12-13-24(18)3/h4-13H,1-3H3,(H,19,21)/p+1. The van der Waals surface area contributed by atoms with Crippen molar-refractivity contribution in [2.75, 3.05) is 17.7 Å². The number of imidazole rings is 1. The topological polar surface area (TPSA) is 57.6 Å². The molecule has 6 nitrogen and oxygen atoms in total. The lowest BCUT2D eigenvalue weighted by molar-refractivity contribution is -0.657. The van der Waals surface area contributed by atoms with Gasteiger partial charge in [-0.2, -0.15) is 0 Å². The number of azo groups is 1. The Kier molecular flexibility index (Phi) is 4.56. The molecule has 0 atom stereocenters. The summed E-state index contributed by atoms with van der Waals surface area (Å²) in [7, 11) is 5.80. The monoisotopic (exact) mass is 321 g/mol. The first kappa shape index (κ1) is 15.7. The quantitative estimate of drug-likeness (QED) is 0.550. The van der Waals surface area contributed by atoms with Gasteiger partial charge in [0.1, 0.15) is 5.69 Å². The van der Waals surface area contributed by atoms with Crippen LogP contribution in [0.3, 0.4) is 0 Å². The Labute approximate surface area is 141 Å². The SMILES string of the molecule is CNc1ccc(Nc2ccc(N=Nc3n(C)cc[n+]3C)cc2)cc1. The summed E-state index contributed by atoms with van der Waals surface area (Å²) in [6.45, 7) is 0. The predicted octanol–water partition coefficient (Wildman–Crippen LogP) is 4.05. The van der Waals surface area contributed by atoms with Gasteiger partial charge in [0.05, 0.1) is 26.5 Å². The fourth-order valence-electron chi connectivity index (χ4n) is 2.32. The smallest absolute Gasteiger partial charge is 0.388 e. The van der Waals surface area contributed by atoms with E-state index < -0.39 is 0 Å². The van der Waals surface area contributed by atoms with E-state index >= 15 is 0 Å². The van der Waals surface area contributed by atoms with E-state index in [1.807, 2.05) is 91.2 Å². The number of benzene rings is 2. The van der Waals surface area contributed by atoms with E-state index in [1.54, 1.807) is 0 Å². The second kappa shape index (κ2) is 6.95. The molecule has 6 heteroatoms. The molecular formula is C18H21N6+. The van der Waals surface area contributed by atoms with Gasteiger partial charge in [-0.15, -0.1) is 0 Å². The summed E-state index contributed by atoms with van der Waals surface area (Å²) < 4.78 is 3.85. The van der Waals surface area contributed by atoms with Crippen LogP contribution in [0.1, 0.15) is 0 Å². The van der Waals surface area contributed by atoms with Gasteiger partial charge >= 0.3 is 5.95 Å². The van der Waals surface area contributed by atoms with E-state index in [9.17, 15) is 0 Å². The van der Waals surface area contributed by atoms with Gasteiger partial charge in [-0.3, -0.25) is 0 Å². The van der Waals surface area contributed by atoms with Gasteiger partial charge in [-0.25, -0.2) is 9.13 Å². The maximum Gasteiger partial charge on any atom is 0.421 e. The molecule has 0 aliphatic rings. The van der Waals surface area contributed by atoms with Crippen molar-refractivity contribution in [2.24, 2.45) is 24.3 Å². The number of anilines is 3. The zero-order valence-corrected chi connectivity index (χ0v) is 14.1. The molecule has 24 heavy (non-hydrogen) atoms. The van der Waals surface area contributed by atoms with Gasteiger partial charge < -0.3 is 10.6 Å². The maximum absolute atomic E-state index is 4.29. The number of nitrogens with one attached hydrogen (secondary N) is 2. The van der Waals surface area contributed by atoms with Crippen LogP contribution in [0.25, 0.3) is 0 Å². The third kappa shape index (κ3) is 3.60. The molecule has 0 saturated carbocycles. The summed E-state index contributed by atoms with van der Waals surface area (Å²) in [5.74, 6) is 0.793. The summed E-state index contributed by atoms with van der Waals surface area (Å²) in [5.41, 5.74) is 3.95. The van der Waals surface area contributed by atoms with Crippen molar-refractivity contribution in [3.05, 3.63) is 60.9 Å². The van der Waals surface area contributed by atoms with Crippen molar-refractivity contribution in [1.82, 2.24) is 4.57 Å². The van der Waals surface area contributed by atoms with E-state index in [1.165, 1.54) is 0 Å². The van der Waals surface area contributed by atoms with Crippen LogP contribution in [0.15, 0.2) is 71.2 Å². The average molecular weight is 321 g/mol. The summed E-state index contributed by atoms with van der Waals surface area (Å²) in [5, 5.41) is 15.0. The van der Waals surface area contributed by atoms with Crippen LogP contribution in [0, 0.1) is 0 Å². The van der Waals surface area contributed by atoms with Crippen molar-refractivity contribution in [2.45, 2.75) is 0 Å². The van der Waals surface area contributed by atoms with Crippen molar-refractivity contribution in [1.29, 1.82) is 0 Å². The van der Waals surface area contributed by atoms with Crippen molar-refractivity contribution < 1.29 is 4.57 Å². The molecule has 0 aliphatic heterocycles. The van der Waals surface area contributed by atoms with E-state index in [2.05, 4.69) is 20.9 Å². The highest BCUT2D eigenvalue weighted by molar-refractivity contribution is 5.63. The normalized spacial score (nSPS) is 11.0. The first-order valence-electron chi connectivity index (χ1n) is 7.73. The van der Waals surface area contributed by atoms with Gasteiger partial charge in [-0.1, -0.05) is 5.11 Å². The number of hydrogen-bond donors (Lipinski definition) is 2. The Hall–Kier alpha value is -3.15. The van der Waals surface area contributed by atoms with E-state index in [0.717, 1.165) is 28.7 Å². The number of nitrogens with zero attached hydrogens (tertiary/aromatic N) is 4. The highest BCUT2D eigenvalue weighted by atomic mass is 15.3. The zero-order valence-electron chi connectivity index (χ0n) is 14.1. The van der Waals surface area contributed by atoms with Crippen LogP contribution in [-0.4, -0.2) is 11.6 Å². The highest BCUT2D eigenvalue weighted by Crippen LogP contribution is 2.22. The minimum atomic E-state index is 0.793. The summed E-state index contributed by atoms with van der Waals surface area (Å²) in [6.07, 6.45) is 3.89. The Morgan fingerprint density at radius 3 is 2.00 bits per heavy atom. The first-order chi connectivity index (χ1) is 11.7. The summed E-state index contributed by atoms with van der Waals surface area (Å²) in [4.78, 5) is 0. The Morgan fingerprint density at radius 1 is 0.875 bits per heavy atom. The third-order valence-electron chi connectivity index (χ3n) is 3.73. The van der Waals surface area contributed by atoms with E-state index in [0.29, 0.717) is 0 Å². The lowest BCUT2D eigenvalue weighted by Gasteiger charge is -2.07. The molecule has 1 heterocycles. The maximum atomic E-state index is 4.29. The molecule has 1 aromatic heterocycles. The third-order valence-corrected chi connectivity index (χ3v) is 3.73. The molecule has 2 N–H and O–H groups in total. The van der Waals surface area contributed by atoms with Crippen LogP contribution in [0.4, 0.5) is 28.7 Å². The van der Waals surface area contributed by atoms with Gasteiger partial charge in [0, 0.05) is 29.2 Å². The lowest BCUT2D eigenvalue weighted by Crippen LogP contribution is -2.25. The molecular weight excluding hydrogens is 300 g/mol. The summed E-state index contributed by atoms with van der Waals surface area (Å²) >= 11 is 0. The molecule has 0 fully saturated rings. The minimum absolute atomic E-state index is 0.793. The molecule has 3 aromatic rings. The van der Waals surface area contributed by atoms with Crippen LogP contribution in [0.2, 0.25) is 0 Å². The minimum Gasteiger partial charge on any atom is -0.388 e. The van der Waals surface area contributed by atoms with Crippen molar-refractivity contribution in [3.63, 3.8) is 0 Å². The highest BCUT2D eigenvalue weighted by Gasteiger charge is 2.10. The Bertz CT molecular complexity index is 811. The molecule has 0 aliphatic carbocycles. The molecule has 122 valence electrons. The molecule has 0 spiro atoms. The van der Waals surface area contributed by atoms with Gasteiger partial charge in [-0.05, 0) is 48.5 Å². The van der Waals surface area contributed by atoms with Crippen molar-refractivity contribution in [3.8, 4) is 0 Å². The number of aromatic nitrogens is 2. The van der Waals surface area contributed by atoms with Gasteiger partial charge in [0.25, 0.3) is 0 Å². The fourth-order valence-corrected chi connectivity index (χ4v) is 2.32. The molecule has 0 unspecified atom stereocenters. The molecule has 0 saturated heterocycles. The molecule has 0 bridgehead atoms. The van der Waals surface area contributed by atoms with E-state index in [4.69, 9.17) is 0 Å². The molecule has 0 amide bonds. The van der Waals surface area contributed by atoms with E-state index in [-0.39, 0.29) is 0 Å². The fraction of sp³-hybridized carbons (Fsp3) is 0.167. The van der Waals surface area contributed by atoms with Crippen LogP contribution < -0.4 is 15.2 Å². The number of rotatable bonds is 5. The zero-order chi connectivity index (χ0) is 16.9. The second-order valence-corrected chi connectivity index (χ2v) is 5.52. The Morgan fingerprint density at radius 2 is 1.46 bits per heavy atom. The second-order valence-electron chi connectivity index (χ2n) is 5.52. The molecule has 3 rings (SSSR count). The van der Waals surface area contributed by atoms with Crippen LogP contribution in [0.5, 0.6) is 0 Å². The summed E-state index contributed by atoms with van der Waals surface area (Å²) in [6, 6.07) is 16.0.